The highest BCUT2D eigenvalue weighted by atomic mass is 16.8. The highest BCUT2D eigenvalue weighted by molar-refractivity contribution is 5.75. The quantitative estimate of drug-likeness (QED) is 0.738. The Hall–Kier alpha value is -0.690. The van der Waals surface area contributed by atoms with Crippen molar-refractivity contribution in [3.05, 3.63) is 0 Å². The van der Waals surface area contributed by atoms with E-state index in [1.54, 1.807) is 0 Å². The van der Waals surface area contributed by atoms with Crippen LogP contribution in [0.5, 0.6) is 0 Å². The van der Waals surface area contributed by atoms with Gasteiger partial charge in [0.2, 0.25) is 0 Å². The van der Waals surface area contributed by atoms with Gasteiger partial charge in [0.05, 0.1) is 11.5 Å². The van der Waals surface area contributed by atoms with Crippen LogP contribution in [-0.2, 0) is 23.7 Å². The molecule has 3 rings (SSSR count). The molecule has 0 amide bonds. The number of ether oxygens (including phenoxy) is 4. The van der Waals surface area contributed by atoms with Crippen LogP contribution in [0.1, 0.15) is 60.8 Å². The van der Waals surface area contributed by atoms with Gasteiger partial charge in [0.1, 0.15) is 17.8 Å². The Kier molecular flexibility index (Phi) is 4.27. The summed E-state index contributed by atoms with van der Waals surface area (Å²) in [4.78, 5) is 12.4. The van der Waals surface area contributed by atoms with Crippen LogP contribution < -0.4 is 0 Å². The number of aliphatic hydroxyl groups is 1. The van der Waals surface area contributed by atoms with Gasteiger partial charge in [-0.05, 0) is 53.9 Å². The number of fused-ring (bicyclic) bond motifs is 1. The summed E-state index contributed by atoms with van der Waals surface area (Å²) >= 11 is 0. The number of carbonyl (C=O) groups is 1. The van der Waals surface area contributed by atoms with Crippen molar-refractivity contribution in [1.29, 1.82) is 0 Å². The molecule has 1 N–H and O–H groups in total. The van der Waals surface area contributed by atoms with E-state index in [9.17, 15) is 9.90 Å². The molecule has 3 aliphatic rings. The molecule has 2 saturated heterocycles. The Labute approximate surface area is 143 Å². The third kappa shape index (κ3) is 2.77. The number of rotatable bonds is 1. The molecule has 138 valence electrons. The molecule has 6 nitrogen and oxygen atoms in total. The average Bonchev–Trinajstić information content (AvgIpc) is 2.87. The molecule has 4 unspecified atom stereocenters. The molecule has 0 aromatic carbocycles. The van der Waals surface area contributed by atoms with Crippen molar-refractivity contribution in [3.8, 4) is 0 Å². The lowest BCUT2D eigenvalue weighted by Gasteiger charge is -2.47. The van der Waals surface area contributed by atoms with Gasteiger partial charge in [0, 0.05) is 5.92 Å². The zero-order valence-electron chi connectivity index (χ0n) is 15.5. The zero-order valence-corrected chi connectivity index (χ0v) is 15.5. The fourth-order valence-electron chi connectivity index (χ4n) is 4.12. The second kappa shape index (κ2) is 5.66. The maximum Gasteiger partial charge on any atom is 0.311 e. The summed E-state index contributed by atoms with van der Waals surface area (Å²) in [5, 5.41) is 10.8. The molecule has 0 aromatic heterocycles. The third-order valence-corrected chi connectivity index (χ3v) is 5.44. The Bertz CT molecular complexity index is 510. The normalized spacial score (nSPS) is 44.5. The first kappa shape index (κ1) is 18.1. The summed E-state index contributed by atoms with van der Waals surface area (Å²) in [5.74, 6) is -1.13. The van der Waals surface area contributed by atoms with Crippen molar-refractivity contribution in [3.63, 3.8) is 0 Å². The van der Waals surface area contributed by atoms with Crippen LogP contribution in [0.4, 0.5) is 0 Å². The number of hydrogen-bond acceptors (Lipinski definition) is 6. The fraction of sp³-hybridized carbons (Fsp3) is 0.944. The van der Waals surface area contributed by atoms with Gasteiger partial charge in [-0.1, -0.05) is 6.92 Å². The molecule has 2 heterocycles. The lowest BCUT2D eigenvalue weighted by Crippen LogP contribution is -2.61. The first-order chi connectivity index (χ1) is 11.0. The Morgan fingerprint density at radius 1 is 1.17 bits per heavy atom. The molecule has 0 aromatic rings. The van der Waals surface area contributed by atoms with Crippen molar-refractivity contribution in [2.24, 2.45) is 11.3 Å². The lowest BCUT2D eigenvalue weighted by atomic mass is 9.71. The van der Waals surface area contributed by atoms with E-state index in [2.05, 4.69) is 0 Å². The molecular formula is C18H30O6. The SMILES string of the molecule is CC1C2OC(C)(C)OC2OC12[C@H](O)CCC[C@@H]2OC(=O)C(C)(C)C. The van der Waals surface area contributed by atoms with E-state index in [-0.39, 0.29) is 18.0 Å². The van der Waals surface area contributed by atoms with Crippen LogP contribution in [0.2, 0.25) is 0 Å². The molecule has 3 fully saturated rings. The number of aliphatic hydroxyl groups excluding tert-OH is 1. The summed E-state index contributed by atoms with van der Waals surface area (Å²) in [5.41, 5.74) is -1.57. The van der Waals surface area contributed by atoms with Crippen LogP contribution in [0.25, 0.3) is 0 Å². The topological polar surface area (TPSA) is 74.2 Å². The van der Waals surface area contributed by atoms with E-state index in [4.69, 9.17) is 18.9 Å². The number of carbonyl (C=O) groups excluding carboxylic acids is 1. The van der Waals surface area contributed by atoms with Crippen molar-refractivity contribution in [1.82, 2.24) is 0 Å². The Morgan fingerprint density at radius 3 is 2.42 bits per heavy atom. The Balaban J connectivity index is 1.87. The predicted molar refractivity (Wildman–Crippen MR) is 86.0 cm³/mol. The Morgan fingerprint density at radius 2 is 1.83 bits per heavy atom. The van der Waals surface area contributed by atoms with Crippen LogP contribution in [-0.4, -0.2) is 47.1 Å². The minimum absolute atomic E-state index is 0.141. The molecule has 6 heteroatoms. The highest BCUT2D eigenvalue weighted by Crippen LogP contribution is 2.52. The van der Waals surface area contributed by atoms with E-state index in [1.807, 2.05) is 41.5 Å². The first-order valence-electron chi connectivity index (χ1n) is 8.90. The van der Waals surface area contributed by atoms with Gasteiger partial charge in [0.25, 0.3) is 0 Å². The van der Waals surface area contributed by atoms with E-state index in [0.29, 0.717) is 12.8 Å². The molecule has 1 aliphatic carbocycles. The molecule has 24 heavy (non-hydrogen) atoms. The molecule has 0 bridgehead atoms. The molecule has 2 aliphatic heterocycles. The summed E-state index contributed by atoms with van der Waals surface area (Å²) in [6.07, 6.45) is 0.0675. The number of hydrogen-bond donors (Lipinski definition) is 1. The standard InChI is InChI=1S/C18H30O6/c1-10-13-14(23-17(5,6)22-13)24-18(10)11(19)8-7-9-12(18)21-15(20)16(2,3)4/h10-14,19H,7-9H2,1-6H3/t10?,11-,12+,13?,14?,18?/m1/s1. The van der Waals surface area contributed by atoms with Gasteiger partial charge in [-0.2, -0.15) is 0 Å². The largest absolute Gasteiger partial charge is 0.459 e. The molecular weight excluding hydrogens is 312 g/mol. The molecule has 6 atom stereocenters. The predicted octanol–water partition coefficient (Wildman–Crippen LogP) is 2.37. The first-order valence-corrected chi connectivity index (χ1v) is 8.90. The van der Waals surface area contributed by atoms with Crippen molar-refractivity contribution in [2.45, 2.75) is 96.8 Å². The highest BCUT2D eigenvalue weighted by Gasteiger charge is 2.67. The van der Waals surface area contributed by atoms with Crippen LogP contribution in [0.15, 0.2) is 0 Å². The molecule has 1 saturated carbocycles. The van der Waals surface area contributed by atoms with E-state index >= 15 is 0 Å². The van der Waals surface area contributed by atoms with Gasteiger partial charge in [-0.3, -0.25) is 4.79 Å². The third-order valence-electron chi connectivity index (χ3n) is 5.44. The molecule has 0 radical (unpaired) electrons. The minimum atomic E-state index is -0.967. The maximum atomic E-state index is 12.4. The van der Waals surface area contributed by atoms with Crippen LogP contribution >= 0.6 is 0 Å². The van der Waals surface area contributed by atoms with E-state index in [1.165, 1.54) is 0 Å². The van der Waals surface area contributed by atoms with Crippen molar-refractivity contribution >= 4 is 5.97 Å². The minimum Gasteiger partial charge on any atom is -0.459 e. The van der Waals surface area contributed by atoms with E-state index in [0.717, 1.165) is 6.42 Å². The lowest BCUT2D eigenvalue weighted by molar-refractivity contribution is -0.282. The average molecular weight is 342 g/mol. The van der Waals surface area contributed by atoms with Gasteiger partial charge >= 0.3 is 5.97 Å². The summed E-state index contributed by atoms with van der Waals surface area (Å²) in [6.45, 7) is 11.2. The van der Waals surface area contributed by atoms with Crippen molar-refractivity contribution < 1.29 is 28.8 Å². The summed E-state index contributed by atoms with van der Waals surface area (Å²) < 4.78 is 23.9. The van der Waals surface area contributed by atoms with Gasteiger partial charge in [0.15, 0.2) is 12.1 Å². The van der Waals surface area contributed by atoms with Crippen LogP contribution in [0, 0.1) is 11.3 Å². The second-order valence-corrected chi connectivity index (χ2v) is 8.82. The molecule has 1 spiro atoms. The second-order valence-electron chi connectivity index (χ2n) is 8.82. The van der Waals surface area contributed by atoms with Crippen molar-refractivity contribution in [2.75, 3.05) is 0 Å². The maximum absolute atomic E-state index is 12.4. The van der Waals surface area contributed by atoms with Gasteiger partial charge in [-0.15, -0.1) is 0 Å². The van der Waals surface area contributed by atoms with Gasteiger partial charge in [-0.25, -0.2) is 0 Å². The monoisotopic (exact) mass is 342 g/mol. The zero-order chi connectivity index (χ0) is 17.9. The summed E-state index contributed by atoms with van der Waals surface area (Å²) in [6, 6.07) is 0. The van der Waals surface area contributed by atoms with Gasteiger partial charge < -0.3 is 24.1 Å². The van der Waals surface area contributed by atoms with Crippen LogP contribution in [0.3, 0.4) is 0 Å². The summed E-state index contributed by atoms with van der Waals surface area (Å²) in [7, 11) is 0. The fourth-order valence-corrected chi connectivity index (χ4v) is 4.12. The van der Waals surface area contributed by atoms with E-state index < -0.39 is 35.3 Å². The smallest absolute Gasteiger partial charge is 0.311 e. The number of esters is 1.